The number of nitrogens with zero attached hydrogens (tertiary/aromatic N) is 2. The van der Waals surface area contributed by atoms with Gasteiger partial charge in [0.1, 0.15) is 18.1 Å². The second-order valence-electron chi connectivity index (χ2n) is 7.45. The number of pyridine rings is 2. The number of carbonyl (C=O) groups excluding carboxylic acids is 1. The molecule has 3 aromatic rings. The summed E-state index contributed by atoms with van der Waals surface area (Å²) in [7, 11) is -3.80. The number of amides is 1. The van der Waals surface area contributed by atoms with Crippen molar-refractivity contribution in [1.82, 2.24) is 14.9 Å². The van der Waals surface area contributed by atoms with Crippen LogP contribution in [-0.4, -0.2) is 23.9 Å². The maximum Gasteiger partial charge on any atom is 0.275 e. The second kappa shape index (κ2) is 9.65. The topological polar surface area (TPSA) is 136 Å². The van der Waals surface area contributed by atoms with Crippen LogP contribution in [0.5, 0.6) is 0 Å². The van der Waals surface area contributed by atoms with E-state index in [2.05, 4.69) is 15.0 Å². The van der Waals surface area contributed by atoms with Crippen molar-refractivity contribution in [2.45, 2.75) is 32.7 Å². The maximum atomic E-state index is 12.8. The summed E-state index contributed by atoms with van der Waals surface area (Å²) in [5.74, 6) is -0.237. The lowest BCUT2D eigenvalue weighted by Gasteiger charge is -2.14. The third kappa shape index (κ3) is 5.94. The van der Waals surface area contributed by atoms with Crippen LogP contribution in [0.3, 0.4) is 0 Å². The van der Waals surface area contributed by atoms with Crippen LogP contribution in [0.25, 0.3) is 0 Å². The zero-order valence-electron chi connectivity index (χ0n) is 17.8. The van der Waals surface area contributed by atoms with E-state index >= 15 is 0 Å². The van der Waals surface area contributed by atoms with E-state index in [4.69, 9.17) is 5.73 Å². The molecule has 10 heteroatoms. The summed E-state index contributed by atoms with van der Waals surface area (Å²) in [5.41, 5.74) is 7.69. The molecule has 4 N–H and O–H groups in total. The Morgan fingerprint density at radius 3 is 2.50 bits per heavy atom. The van der Waals surface area contributed by atoms with Gasteiger partial charge in [0.25, 0.3) is 5.56 Å². The van der Waals surface area contributed by atoms with Crippen LogP contribution in [0, 0.1) is 13.8 Å². The van der Waals surface area contributed by atoms with Crippen LogP contribution < -0.4 is 21.3 Å². The monoisotopic (exact) mass is 455 g/mol. The van der Waals surface area contributed by atoms with Gasteiger partial charge in [-0.15, -0.1) is 0 Å². The van der Waals surface area contributed by atoms with Gasteiger partial charge in [0.2, 0.25) is 15.9 Å². The van der Waals surface area contributed by atoms with Gasteiger partial charge in [0, 0.05) is 18.4 Å². The quantitative estimate of drug-likeness (QED) is 0.473. The van der Waals surface area contributed by atoms with Gasteiger partial charge in [-0.05, 0) is 48.7 Å². The highest BCUT2D eigenvalue weighted by atomic mass is 32.2. The van der Waals surface area contributed by atoms with E-state index in [1.165, 1.54) is 10.6 Å². The third-order valence-electron chi connectivity index (χ3n) is 4.82. The lowest BCUT2D eigenvalue weighted by molar-refractivity contribution is -0.121. The fourth-order valence-corrected chi connectivity index (χ4v) is 4.28. The summed E-state index contributed by atoms with van der Waals surface area (Å²) in [6, 6.07) is 13.5. The predicted octanol–water partition coefficient (Wildman–Crippen LogP) is 1.70. The van der Waals surface area contributed by atoms with Crippen molar-refractivity contribution in [2.75, 3.05) is 10.5 Å². The minimum atomic E-state index is -3.80. The Kier molecular flexibility index (Phi) is 6.94. The number of nitrogens with two attached hydrogens (primary N) is 1. The molecule has 168 valence electrons. The molecule has 0 saturated carbocycles. The first-order chi connectivity index (χ1) is 15.1. The highest BCUT2D eigenvalue weighted by Gasteiger charge is 2.16. The minimum Gasteiger partial charge on any atom is -0.383 e. The van der Waals surface area contributed by atoms with Gasteiger partial charge in [0.15, 0.2) is 0 Å². The Morgan fingerprint density at radius 2 is 1.81 bits per heavy atom. The molecule has 9 nitrogen and oxygen atoms in total. The molecule has 0 unspecified atom stereocenters. The number of nitrogen functional groups attached to an aromatic ring is 1. The number of rotatable bonds is 8. The number of anilines is 2. The summed E-state index contributed by atoms with van der Waals surface area (Å²) >= 11 is 0. The summed E-state index contributed by atoms with van der Waals surface area (Å²) in [6.45, 7) is 3.47. The molecule has 32 heavy (non-hydrogen) atoms. The number of sulfonamides is 1. The van der Waals surface area contributed by atoms with Crippen molar-refractivity contribution in [2.24, 2.45) is 0 Å². The normalized spacial score (nSPS) is 11.2. The number of aromatic nitrogens is 2. The number of benzene rings is 1. The first-order valence-corrected chi connectivity index (χ1v) is 11.5. The van der Waals surface area contributed by atoms with E-state index in [9.17, 15) is 18.0 Å². The van der Waals surface area contributed by atoms with Crippen LogP contribution in [0.4, 0.5) is 11.5 Å². The van der Waals surface area contributed by atoms with Crippen LogP contribution >= 0.6 is 0 Å². The molecule has 2 aromatic heterocycles. The van der Waals surface area contributed by atoms with Gasteiger partial charge in [-0.3, -0.25) is 14.3 Å². The summed E-state index contributed by atoms with van der Waals surface area (Å²) in [4.78, 5) is 29.3. The molecule has 0 spiro atoms. The van der Waals surface area contributed by atoms with Gasteiger partial charge in [-0.25, -0.2) is 13.4 Å². The Morgan fingerprint density at radius 1 is 1.09 bits per heavy atom. The van der Waals surface area contributed by atoms with Crippen LogP contribution in [0.2, 0.25) is 0 Å². The van der Waals surface area contributed by atoms with Crippen LogP contribution in [0.15, 0.2) is 59.5 Å². The van der Waals surface area contributed by atoms with Crippen LogP contribution in [-0.2, 0) is 33.7 Å². The molecule has 0 saturated heterocycles. The second-order valence-corrected chi connectivity index (χ2v) is 9.17. The fraction of sp³-hybridized carbons (Fsp3) is 0.227. The standard InChI is InChI=1S/C22H25N5O4S/c1-15-10-18(12-25-21(15)23)11-24-20(28)13-27-16(2)8-9-19(22(27)29)26-32(30,31)14-17-6-4-3-5-7-17/h3-10,12,26H,11,13-14H2,1-2H3,(H2,23,25)(H,24,28). The SMILES string of the molecule is Cc1cc(CNC(=O)Cn2c(C)ccc(NS(=O)(=O)Cc3ccccc3)c2=O)cnc1N. The zero-order chi connectivity index (χ0) is 23.3. The molecule has 0 radical (unpaired) electrons. The number of carbonyl (C=O) groups is 1. The molecular formula is C22H25N5O4S. The van der Waals surface area contributed by atoms with E-state index < -0.39 is 21.5 Å². The molecule has 0 aliphatic heterocycles. The van der Waals surface area contributed by atoms with Crippen molar-refractivity contribution in [3.8, 4) is 0 Å². The first-order valence-electron chi connectivity index (χ1n) is 9.87. The van der Waals surface area contributed by atoms with E-state index in [0.29, 0.717) is 17.1 Å². The van der Waals surface area contributed by atoms with E-state index in [0.717, 1.165) is 11.1 Å². The van der Waals surface area contributed by atoms with Gasteiger partial charge in [-0.2, -0.15) is 0 Å². The predicted molar refractivity (Wildman–Crippen MR) is 123 cm³/mol. The average Bonchev–Trinajstić information content (AvgIpc) is 2.74. The summed E-state index contributed by atoms with van der Waals surface area (Å²) in [5, 5.41) is 2.73. The molecule has 1 amide bonds. The number of aryl methyl sites for hydroxylation is 2. The van der Waals surface area contributed by atoms with Gasteiger partial charge >= 0.3 is 0 Å². The minimum absolute atomic E-state index is 0.113. The summed E-state index contributed by atoms with van der Waals surface area (Å²) in [6.07, 6.45) is 1.57. The lowest BCUT2D eigenvalue weighted by Crippen LogP contribution is -2.34. The molecule has 0 fully saturated rings. The van der Waals surface area contributed by atoms with Crippen molar-refractivity contribution < 1.29 is 13.2 Å². The average molecular weight is 456 g/mol. The van der Waals surface area contributed by atoms with Crippen LogP contribution in [0.1, 0.15) is 22.4 Å². The molecule has 1 aromatic carbocycles. The summed E-state index contributed by atoms with van der Waals surface area (Å²) < 4.78 is 28.6. The van der Waals surface area contributed by atoms with E-state index in [1.54, 1.807) is 49.5 Å². The third-order valence-corrected chi connectivity index (χ3v) is 6.07. The first kappa shape index (κ1) is 23.0. The number of hydrogen-bond acceptors (Lipinski definition) is 6. The van der Waals surface area contributed by atoms with Gasteiger partial charge in [0.05, 0.1) is 5.75 Å². The molecule has 0 atom stereocenters. The van der Waals surface area contributed by atoms with E-state index in [1.807, 2.05) is 13.0 Å². The number of hydrogen-bond donors (Lipinski definition) is 3. The highest BCUT2D eigenvalue weighted by molar-refractivity contribution is 7.91. The Balaban J connectivity index is 1.70. The van der Waals surface area contributed by atoms with Gasteiger partial charge < -0.3 is 15.6 Å². The zero-order valence-corrected chi connectivity index (χ0v) is 18.6. The Bertz CT molecular complexity index is 1290. The largest absolute Gasteiger partial charge is 0.383 e. The molecule has 3 rings (SSSR count). The van der Waals surface area contributed by atoms with Crippen molar-refractivity contribution >= 4 is 27.4 Å². The molecule has 0 bridgehead atoms. The molecular weight excluding hydrogens is 430 g/mol. The maximum absolute atomic E-state index is 12.8. The molecule has 0 aliphatic carbocycles. The Labute approximate surface area is 186 Å². The van der Waals surface area contributed by atoms with Crippen molar-refractivity contribution in [1.29, 1.82) is 0 Å². The van der Waals surface area contributed by atoms with Gasteiger partial charge in [-0.1, -0.05) is 30.3 Å². The molecule has 2 heterocycles. The lowest BCUT2D eigenvalue weighted by atomic mass is 10.2. The van der Waals surface area contributed by atoms with Crippen molar-refractivity contribution in [3.63, 3.8) is 0 Å². The Hall–Kier alpha value is -3.66. The smallest absolute Gasteiger partial charge is 0.275 e. The highest BCUT2D eigenvalue weighted by Crippen LogP contribution is 2.11. The van der Waals surface area contributed by atoms with E-state index in [-0.39, 0.29) is 24.5 Å². The number of nitrogens with one attached hydrogen (secondary N) is 2. The van der Waals surface area contributed by atoms with Crippen molar-refractivity contribution in [3.05, 3.63) is 87.5 Å². The molecule has 0 aliphatic rings. The fourth-order valence-electron chi connectivity index (χ4n) is 3.08.